The van der Waals surface area contributed by atoms with E-state index in [0.717, 1.165) is 23.2 Å². The van der Waals surface area contributed by atoms with Gasteiger partial charge in [-0.15, -0.1) is 11.3 Å². The third kappa shape index (κ3) is 5.67. The molecule has 1 amide bonds. The zero-order chi connectivity index (χ0) is 21.1. The first-order chi connectivity index (χ1) is 13.7. The van der Waals surface area contributed by atoms with Crippen LogP contribution in [0.3, 0.4) is 0 Å². The van der Waals surface area contributed by atoms with E-state index in [4.69, 9.17) is 21.1 Å². The second-order valence-electron chi connectivity index (χ2n) is 7.24. The molecule has 0 fully saturated rings. The number of nitrogens with one attached hydrogen (secondary N) is 1. The van der Waals surface area contributed by atoms with Gasteiger partial charge in [-0.3, -0.25) is 9.62 Å². The molecule has 2 heterocycles. The molecule has 1 atom stereocenters. The molecule has 0 bridgehead atoms. The average molecular weight is 473 g/mol. The standard InChI is InChI=1S/C19H25N2O4PS3/c1-4-26(27,25-16-9-6-10-28-16)12-20-29-13-21(18(22)23)15-8-5-7-14-11-19(2,3)24-17(14)15/h5-10,20H,4,11-13H2,1-3H3,(H,22,23). The number of carbonyl (C=O) groups is 1. The predicted octanol–water partition coefficient (Wildman–Crippen LogP) is 5.59. The summed E-state index contributed by atoms with van der Waals surface area (Å²) >= 11 is 8.57. The third-order valence-electron chi connectivity index (χ3n) is 4.43. The summed E-state index contributed by atoms with van der Waals surface area (Å²) in [7, 11) is 0. The van der Waals surface area contributed by atoms with Crippen LogP contribution in [0, 0.1) is 0 Å². The van der Waals surface area contributed by atoms with Gasteiger partial charge in [-0.05, 0) is 37.4 Å². The minimum absolute atomic E-state index is 0.216. The van der Waals surface area contributed by atoms with Crippen LogP contribution >= 0.6 is 29.5 Å². The summed E-state index contributed by atoms with van der Waals surface area (Å²) in [5, 5.41) is 12.5. The molecule has 29 heavy (non-hydrogen) atoms. The van der Waals surface area contributed by atoms with Gasteiger partial charge in [0.05, 0.1) is 17.9 Å². The maximum atomic E-state index is 11.9. The number of carboxylic acid groups (broad SMARTS) is 1. The van der Waals surface area contributed by atoms with Gasteiger partial charge in [0.1, 0.15) is 17.6 Å². The number of thiophene rings is 1. The van der Waals surface area contributed by atoms with E-state index in [2.05, 4.69) is 4.72 Å². The number of benzene rings is 1. The van der Waals surface area contributed by atoms with Crippen molar-refractivity contribution >= 4 is 53.1 Å². The van der Waals surface area contributed by atoms with Crippen LogP contribution in [0.25, 0.3) is 0 Å². The van der Waals surface area contributed by atoms with Gasteiger partial charge >= 0.3 is 6.09 Å². The second kappa shape index (κ2) is 9.27. The molecule has 0 saturated carbocycles. The summed E-state index contributed by atoms with van der Waals surface area (Å²) in [4.78, 5) is 13.2. The number of hydrogen-bond donors (Lipinski definition) is 2. The zero-order valence-corrected chi connectivity index (χ0v) is 19.9. The highest BCUT2D eigenvalue weighted by Crippen LogP contribution is 2.48. The number of para-hydroxylation sites is 1. The number of amides is 1. The Labute approximate surface area is 184 Å². The lowest BCUT2D eigenvalue weighted by Gasteiger charge is -2.24. The van der Waals surface area contributed by atoms with Crippen molar-refractivity contribution in [2.24, 2.45) is 0 Å². The molecule has 1 aromatic carbocycles. The predicted molar refractivity (Wildman–Crippen MR) is 126 cm³/mol. The minimum Gasteiger partial charge on any atom is -0.485 e. The van der Waals surface area contributed by atoms with E-state index in [1.54, 1.807) is 6.07 Å². The van der Waals surface area contributed by atoms with Crippen LogP contribution in [-0.4, -0.2) is 35.1 Å². The summed E-state index contributed by atoms with van der Waals surface area (Å²) in [5.74, 6) is 0.869. The quantitative estimate of drug-likeness (QED) is 0.213. The topological polar surface area (TPSA) is 71.0 Å². The highest BCUT2D eigenvalue weighted by Gasteiger charge is 2.34. The van der Waals surface area contributed by atoms with Gasteiger partial charge in [-0.1, -0.05) is 42.8 Å². The average Bonchev–Trinajstić information content (AvgIpc) is 3.26. The fourth-order valence-corrected chi connectivity index (χ4v) is 7.32. The first-order valence-electron chi connectivity index (χ1n) is 9.20. The van der Waals surface area contributed by atoms with E-state index in [9.17, 15) is 9.90 Å². The van der Waals surface area contributed by atoms with Crippen molar-refractivity contribution in [1.29, 1.82) is 0 Å². The van der Waals surface area contributed by atoms with E-state index in [1.807, 2.05) is 50.4 Å². The van der Waals surface area contributed by atoms with Gasteiger partial charge in [-0.2, -0.15) is 0 Å². The highest BCUT2D eigenvalue weighted by atomic mass is 32.4. The first-order valence-corrected chi connectivity index (χ1v) is 14.2. The summed E-state index contributed by atoms with van der Waals surface area (Å²) in [6.07, 6.45) is -1.04. The fraction of sp³-hybridized carbons (Fsp3) is 0.421. The zero-order valence-electron chi connectivity index (χ0n) is 16.6. The molecular weight excluding hydrogens is 447 g/mol. The number of fused-ring (bicyclic) bond motifs is 1. The molecule has 1 aromatic heterocycles. The normalized spacial score (nSPS) is 16.5. The Morgan fingerprint density at radius 1 is 1.45 bits per heavy atom. The SMILES string of the molecule is CCP(=S)(CNSCN(C(=O)O)c1cccc2c1OC(C)(C)C2)Oc1cccs1. The van der Waals surface area contributed by atoms with Gasteiger partial charge in [0.2, 0.25) is 0 Å². The van der Waals surface area contributed by atoms with Gasteiger partial charge < -0.3 is 14.4 Å². The summed E-state index contributed by atoms with van der Waals surface area (Å²) < 4.78 is 15.3. The van der Waals surface area contributed by atoms with Crippen molar-refractivity contribution in [3.63, 3.8) is 0 Å². The molecule has 158 valence electrons. The second-order valence-corrected chi connectivity index (χ2v) is 13.7. The molecule has 2 N–H and O–H groups in total. The van der Waals surface area contributed by atoms with Crippen molar-refractivity contribution in [2.45, 2.75) is 32.8 Å². The molecule has 3 rings (SSSR count). The molecule has 1 unspecified atom stereocenters. The Morgan fingerprint density at radius 2 is 2.24 bits per heavy atom. The van der Waals surface area contributed by atoms with Crippen LogP contribution in [0.4, 0.5) is 10.5 Å². The van der Waals surface area contributed by atoms with Crippen LogP contribution in [0.1, 0.15) is 26.3 Å². The number of hydrogen-bond acceptors (Lipinski definition) is 7. The lowest BCUT2D eigenvalue weighted by molar-refractivity contribution is 0.138. The van der Waals surface area contributed by atoms with E-state index in [-0.39, 0.29) is 11.5 Å². The lowest BCUT2D eigenvalue weighted by atomic mass is 10.0. The molecule has 0 aliphatic carbocycles. The van der Waals surface area contributed by atoms with Crippen LogP contribution in [0.2, 0.25) is 0 Å². The summed E-state index contributed by atoms with van der Waals surface area (Å²) in [5.41, 5.74) is 1.27. The van der Waals surface area contributed by atoms with E-state index in [1.165, 1.54) is 28.2 Å². The van der Waals surface area contributed by atoms with Crippen LogP contribution in [-0.2, 0) is 18.2 Å². The van der Waals surface area contributed by atoms with Gasteiger partial charge in [0, 0.05) is 18.1 Å². The van der Waals surface area contributed by atoms with E-state index < -0.39 is 12.4 Å². The molecule has 0 radical (unpaired) electrons. The van der Waals surface area contributed by atoms with Crippen molar-refractivity contribution in [2.75, 3.05) is 23.2 Å². The Bertz CT molecular complexity index is 905. The molecule has 1 aliphatic rings. The van der Waals surface area contributed by atoms with Crippen molar-refractivity contribution in [1.82, 2.24) is 4.72 Å². The third-order valence-corrected chi connectivity index (χ3v) is 9.76. The number of nitrogens with zero attached hydrogens (tertiary/aromatic N) is 1. The molecule has 2 aromatic rings. The fourth-order valence-electron chi connectivity index (χ4n) is 2.98. The monoisotopic (exact) mass is 472 g/mol. The first kappa shape index (κ1) is 22.4. The van der Waals surface area contributed by atoms with Crippen molar-refractivity contribution < 1.29 is 19.2 Å². The molecule has 10 heteroatoms. The summed E-state index contributed by atoms with van der Waals surface area (Å²) in [6.45, 7) is 6.03. The smallest absolute Gasteiger partial charge is 0.412 e. The number of ether oxygens (including phenoxy) is 1. The summed E-state index contributed by atoms with van der Waals surface area (Å²) in [6, 6.07) is 9.49. The van der Waals surface area contributed by atoms with E-state index >= 15 is 0 Å². The Balaban J connectivity index is 1.62. The van der Waals surface area contributed by atoms with Crippen LogP contribution in [0.5, 0.6) is 10.8 Å². The van der Waals surface area contributed by atoms with Gasteiger partial charge in [0.25, 0.3) is 0 Å². The maximum Gasteiger partial charge on any atom is 0.412 e. The van der Waals surface area contributed by atoms with E-state index in [0.29, 0.717) is 17.7 Å². The van der Waals surface area contributed by atoms with Crippen molar-refractivity contribution in [3.05, 3.63) is 41.3 Å². The maximum absolute atomic E-state index is 11.9. The number of anilines is 1. The van der Waals surface area contributed by atoms with Crippen molar-refractivity contribution in [3.8, 4) is 10.8 Å². The largest absolute Gasteiger partial charge is 0.485 e. The molecule has 6 nitrogen and oxygen atoms in total. The molecule has 0 saturated heterocycles. The Hall–Kier alpha value is -1.25. The lowest BCUT2D eigenvalue weighted by Crippen LogP contribution is -2.31. The van der Waals surface area contributed by atoms with Crippen LogP contribution < -0.4 is 18.9 Å². The van der Waals surface area contributed by atoms with Gasteiger partial charge in [0.15, 0.2) is 5.06 Å². The van der Waals surface area contributed by atoms with Gasteiger partial charge in [-0.25, -0.2) is 4.79 Å². The van der Waals surface area contributed by atoms with Crippen LogP contribution in [0.15, 0.2) is 35.7 Å². The molecular formula is C19H25N2O4PS3. The molecule has 1 aliphatic heterocycles. The highest BCUT2D eigenvalue weighted by molar-refractivity contribution is 8.12. The Morgan fingerprint density at radius 3 is 2.90 bits per heavy atom. The Kier molecular flexibility index (Phi) is 7.17. The molecule has 0 spiro atoms. The number of rotatable bonds is 9. The minimum atomic E-state index is -2.05.